The summed E-state index contributed by atoms with van der Waals surface area (Å²) in [4.78, 5) is 0. The van der Waals surface area contributed by atoms with E-state index in [1.54, 1.807) is 0 Å². The topological polar surface area (TPSA) is 12.0 Å². The van der Waals surface area contributed by atoms with E-state index in [0.717, 1.165) is 18.0 Å². The lowest BCUT2D eigenvalue weighted by molar-refractivity contribution is 0.326. The highest BCUT2D eigenvalue weighted by molar-refractivity contribution is 6.31. The lowest BCUT2D eigenvalue weighted by Crippen LogP contribution is -2.35. The Morgan fingerprint density at radius 3 is 2.44 bits per heavy atom. The Kier molecular flexibility index (Phi) is 4.82. The first kappa shape index (κ1) is 13.5. The van der Waals surface area contributed by atoms with E-state index >= 15 is 0 Å². The van der Waals surface area contributed by atoms with Crippen molar-refractivity contribution in [2.24, 2.45) is 5.41 Å². The first-order chi connectivity index (χ1) is 7.41. The van der Waals surface area contributed by atoms with E-state index in [9.17, 15) is 0 Å². The molecule has 1 N–H and O–H groups in total. The Hall–Kier alpha value is -0.530. The quantitative estimate of drug-likeness (QED) is 0.822. The van der Waals surface area contributed by atoms with Crippen LogP contribution < -0.4 is 5.32 Å². The zero-order chi connectivity index (χ0) is 12.2. The maximum atomic E-state index is 6.17. The van der Waals surface area contributed by atoms with E-state index in [2.05, 4.69) is 39.1 Å². The normalized spacial score (nSPS) is 12.1. The van der Waals surface area contributed by atoms with Crippen LogP contribution in [0.1, 0.15) is 33.3 Å². The molecule has 0 amide bonds. The van der Waals surface area contributed by atoms with Gasteiger partial charge in [0.1, 0.15) is 0 Å². The Morgan fingerprint density at radius 1 is 1.25 bits per heavy atom. The maximum Gasteiger partial charge on any atom is 0.0438 e. The molecule has 0 fully saturated rings. The standard InChI is InChI=1S/C14H22ClN/c1-11(2)16-10-14(3,4)9-12-7-5-6-8-13(12)15/h5-8,11,16H,9-10H2,1-4H3. The van der Waals surface area contributed by atoms with Gasteiger partial charge in [-0.2, -0.15) is 0 Å². The van der Waals surface area contributed by atoms with Gasteiger partial charge in [0.25, 0.3) is 0 Å². The van der Waals surface area contributed by atoms with E-state index in [1.165, 1.54) is 5.56 Å². The van der Waals surface area contributed by atoms with Crippen molar-refractivity contribution in [2.45, 2.75) is 40.2 Å². The van der Waals surface area contributed by atoms with Crippen molar-refractivity contribution < 1.29 is 0 Å². The predicted molar refractivity (Wildman–Crippen MR) is 72.1 cm³/mol. The molecule has 1 rings (SSSR count). The third-order valence-corrected chi connectivity index (χ3v) is 2.98. The van der Waals surface area contributed by atoms with E-state index in [-0.39, 0.29) is 5.41 Å². The smallest absolute Gasteiger partial charge is 0.0438 e. The number of nitrogens with one attached hydrogen (secondary N) is 1. The zero-order valence-corrected chi connectivity index (χ0v) is 11.4. The number of rotatable bonds is 5. The van der Waals surface area contributed by atoms with E-state index < -0.39 is 0 Å². The molecular weight excluding hydrogens is 218 g/mol. The Morgan fingerprint density at radius 2 is 1.88 bits per heavy atom. The van der Waals surface area contributed by atoms with Gasteiger partial charge in [0.2, 0.25) is 0 Å². The first-order valence-corrected chi connectivity index (χ1v) is 6.25. The molecule has 2 heteroatoms. The molecule has 0 aliphatic heterocycles. The van der Waals surface area contributed by atoms with Crippen LogP contribution in [-0.2, 0) is 6.42 Å². The van der Waals surface area contributed by atoms with Crippen molar-refractivity contribution in [1.82, 2.24) is 5.32 Å². The molecule has 0 bridgehead atoms. The SMILES string of the molecule is CC(C)NCC(C)(C)Cc1ccccc1Cl. The van der Waals surface area contributed by atoms with Gasteiger partial charge in [-0.15, -0.1) is 0 Å². The van der Waals surface area contributed by atoms with Crippen molar-refractivity contribution in [3.8, 4) is 0 Å². The Labute approximate surface area is 104 Å². The molecule has 0 heterocycles. The van der Waals surface area contributed by atoms with Crippen LogP contribution in [0.5, 0.6) is 0 Å². The number of hydrogen-bond donors (Lipinski definition) is 1. The minimum atomic E-state index is 0.231. The molecule has 0 aliphatic rings. The van der Waals surface area contributed by atoms with Gasteiger partial charge in [-0.3, -0.25) is 0 Å². The molecule has 0 aromatic heterocycles. The van der Waals surface area contributed by atoms with Crippen LogP contribution in [0, 0.1) is 5.41 Å². The number of benzene rings is 1. The lowest BCUT2D eigenvalue weighted by atomic mass is 9.85. The van der Waals surface area contributed by atoms with Crippen molar-refractivity contribution in [3.05, 3.63) is 34.9 Å². The summed E-state index contributed by atoms with van der Waals surface area (Å²) >= 11 is 6.17. The number of hydrogen-bond acceptors (Lipinski definition) is 1. The van der Waals surface area contributed by atoms with Gasteiger partial charge in [-0.25, -0.2) is 0 Å². The summed E-state index contributed by atoms with van der Waals surface area (Å²) in [6.07, 6.45) is 1.01. The summed E-state index contributed by atoms with van der Waals surface area (Å²) in [5, 5.41) is 4.36. The predicted octanol–water partition coefficient (Wildman–Crippen LogP) is 3.91. The van der Waals surface area contributed by atoms with Gasteiger partial charge in [0, 0.05) is 17.6 Å². The highest BCUT2D eigenvalue weighted by Crippen LogP contribution is 2.25. The molecule has 90 valence electrons. The van der Waals surface area contributed by atoms with Crippen LogP contribution >= 0.6 is 11.6 Å². The highest BCUT2D eigenvalue weighted by Gasteiger charge is 2.19. The molecule has 0 unspecified atom stereocenters. The summed E-state index contributed by atoms with van der Waals surface area (Å²) in [5.74, 6) is 0. The van der Waals surface area contributed by atoms with Crippen molar-refractivity contribution in [3.63, 3.8) is 0 Å². The molecule has 16 heavy (non-hydrogen) atoms. The Balaban J connectivity index is 2.62. The van der Waals surface area contributed by atoms with Gasteiger partial charge in [0.05, 0.1) is 0 Å². The molecular formula is C14H22ClN. The van der Waals surface area contributed by atoms with Gasteiger partial charge in [-0.05, 0) is 23.5 Å². The van der Waals surface area contributed by atoms with Crippen LogP contribution in [0.15, 0.2) is 24.3 Å². The minimum absolute atomic E-state index is 0.231. The lowest BCUT2D eigenvalue weighted by Gasteiger charge is -2.27. The minimum Gasteiger partial charge on any atom is -0.314 e. The molecule has 0 saturated carbocycles. The molecule has 0 spiro atoms. The van der Waals surface area contributed by atoms with Gasteiger partial charge in [-0.1, -0.05) is 57.5 Å². The molecule has 0 radical (unpaired) electrons. The summed E-state index contributed by atoms with van der Waals surface area (Å²) in [7, 11) is 0. The summed E-state index contributed by atoms with van der Waals surface area (Å²) in [5.41, 5.74) is 1.47. The van der Waals surface area contributed by atoms with Crippen molar-refractivity contribution in [2.75, 3.05) is 6.54 Å². The molecule has 1 nitrogen and oxygen atoms in total. The third kappa shape index (κ3) is 4.54. The van der Waals surface area contributed by atoms with Crippen LogP contribution in [0.4, 0.5) is 0 Å². The fourth-order valence-corrected chi connectivity index (χ4v) is 1.90. The van der Waals surface area contributed by atoms with Crippen LogP contribution in [0.25, 0.3) is 0 Å². The molecule has 0 saturated heterocycles. The van der Waals surface area contributed by atoms with Crippen LogP contribution in [0.2, 0.25) is 5.02 Å². The van der Waals surface area contributed by atoms with E-state index in [4.69, 9.17) is 11.6 Å². The van der Waals surface area contributed by atoms with E-state index in [1.807, 2.05) is 18.2 Å². The third-order valence-electron chi connectivity index (χ3n) is 2.62. The van der Waals surface area contributed by atoms with Gasteiger partial charge in [0.15, 0.2) is 0 Å². The molecule has 1 aromatic rings. The van der Waals surface area contributed by atoms with Gasteiger partial charge >= 0.3 is 0 Å². The molecule has 0 atom stereocenters. The van der Waals surface area contributed by atoms with Crippen molar-refractivity contribution in [1.29, 1.82) is 0 Å². The highest BCUT2D eigenvalue weighted by atomic mass is 35.5. The second-order valence-corrected chi connectivity index (χ2v) is 5.88. The van der Waals surface area contributed by atoms with Gasteiger partial charge < -0.3 is 5.32 Å². The second-order valence-electron chi connectivity index (χ2n) is 5.47. The van der Waals surface area contributed by atoms with Crippen LogP contribution in [-0.4, -0.2) is 12.6 Å². The summed E-state index contributed by atoms with van der Waals surface area (Å²) in [6, 6.07) is 8.63. The average Bonchev–Trinajstić information content (AvgIpc) is 2.19. The first-order valence-electron chi connectivity index (χ1n) is 5.87. The maximum absolute atomic E-state index is 6.17. The van der Waals surface area contributed by atoms with Crippen molar-refractivity contribution >= 4 is 11.6 Å². The largest absolute Gasteiger partial charge is 0.314 e. The monoisotopic (exact) mass is 239 g/mol. The summed E-state index contributed by atoms with van der Waals surface area (Å²) in [6.45, 7) is 9.89. The molecule has 1 aromatic carbocycles. The average molecular weight is 240 g/mol. The molecule has 0 aliphatic carbocycles. The number of halogens is 1. The Bertz CT molecular complexity index is 331. The summed E-state index contributed by atoms with van der Waals surface area (Å²) < 4.78 is 0. The fraction of sp³-hybridized carbons (Fsp3) is 0.571. The van der Waals surface area contributed by atoms with E-state index in [0.29, 0.717) is 6.04 Å². The zero-order valence-electron chi connectivity index (χ0n) is 10.7. The fourth-order valence-electron chi connectivity index (χ4n) is 1.70. The van der Waals surface area contributed by atoms with Crippen LogP contribution in [0.3, 0.4) is 0 Å². The second kappa shape index (κ2) is 5.70.